The average molecular weight is 295 g/mol. The summed E-state index contributed by atoms with van der Waals surface area (Å²) in [7, 11) is 0. The average Bonchev–Trinajstić information content (AvgIpc) is 2.84. The first-order chi connectivity index (χ1) is 10.6. The Kier molecular flexibility index (Phi) is 4.91. The van der Waals surface area contributed by atoms with Gasteiger partial charge in [-0.2, -0.15) is 5.10 Å². The van der Waals surface area contributed by atoms with Crippen LogP contribution < -0.4 is 17.2 Å². The van der Waals surface area contributed by atoms with Crippen LogP contribution in [0.1, 0.15) is 23.6 Å². The molecule has 0 spiro atoms. The van der Waals surface area contributed by atoms with Gasteiger partial charge in [0.15, 0.2) is 0 Å². The summed E-state index contributed by atoms with van der Waals surface area (Å²) in [5.74, 6) is -0.0851. The summed E-state index contributed by atoms with van der Waals surface area (Å²) in [4.78, 5) is 0. The van der Waals surface area contributed by atoms with Crippen molar-refractivity contribution in [3.8, 4) is 0 Å². The van der Waals surface area contributed by atoms with Crippen LogP contribution in [0.4, 0.5) is 0 Å². The normalized spacial score (nSPS) is 14.4. The number of benzene rings is 1. The Bertz CT molecular complexity index is 704. The van der Waals surface area contributed by atoms with Crippen LogP contribution in [0, 0.1) is 0 Å². The first-order valence-electron chi connectivity index (χ1n) is 7.08. The highest BCUT2D eigenvalue weighted by Crippen LogP contribution is 2.34. The van der Waals surface area contributed by atoms with Gasteiger partial charge in [-0.15, -0.1) is 5.10 Å². The van der Waals surface area contributed by atoms with E-state index in [2.05, 4.69) is 35.0 Å². The molecule has 5 nitrogen and oxygen atoms in total. The van der Waals surface area contributed by atoms with E-state index in [1.54, 1.807) is 0 Å². The minimum absolute atomic E-state index is 0.0851. The number of hydrogen-bond acceptors (Lipinski definition) is 3. The van der Waals surface area contributed by atoms with Crippen LogP contribution in [0.25, 0.3) is 5.57 Å². The Morgan fingerprint density at radius 3 is 2.68 bits per heavy atom. The van der Waals surface area contributed by atoms with Gasteiger partial charge in [0.25, 0.3) is 0 Å². The lowest BCUT2D eigenvalue weighted by Crippen LogP contribution is -2.23. The Labute approximate surface area is 130 Å². The van der Waals surface area contributed by atoms with E-state index >= 15 is 0 Å². The predicted octanol–water partition coefficient (Wildman–Crippen LogP) is 1.69. The number of nitrogens with two attached hydrogens (primary N) is 3. The summed E-state index contributed by atoms with van der Waals surface area (Å²) in [6.45, 7) is 6.19. The summed E-state index contributed by atoms with van der Waals surface area (Å²) in [5.41, 5.74) is 22.8. The Balaban J connectivity index is 2.42. The second-order valence-corrected chi connectivity index (χ2v) is 4.97. The van der Waals surface area contributed by atoms with Crippen molar-refractivity contribution in [1.82, 2.24) is 0 Å². The van der Waals surface area contributed by atoms with Crippen molar-refractivity contribution in [2.24, 2.45) is 27.4 Å². The molecule has 6 N–H and O–H groups in total. The monoisotopic (exact) mass is 295 g/mol. The lowest BCUT2D eigenvalue weighted by Gasteiger charge is -2.07. The molecule has 1 aliphatic rings. The summed E-state index contributed by atoms with van der Waals surface area (Å²) in [6, 6.07) is 6.14. The van der Waals surface area contributed by atoms with Crippen LogP contribution in [0.15, 0.2) is 58.8 Å². The fourth-order valence-electron chi connectivity index (χ4n) is 2.58. The van der Waals surface area contributed by atoms with Crippen molar-refractivity contribution in [1.29, 1.82) is 0 Å². The minimum atomic E-state index is -0.0851. The summed E-state index contributed by atoms with van der Waals surface area (Å²) >= 11 is 0. The fourth-order valence-corrected chi connectivity index (χ4v) is 2.58. The van der Waals surface area contributed by atoms with Gasteiger partial charge in [-0.25, -0.2) is 0 Å². The maximum atomic E-state index is 5.75. The van der Waals surface area contributed by atoms with E-state index in [4.69, 9.17) is 17.2 Å². The van der Waals surface area contributed by atoms with Gasteiger partial charge >= 0.3 is 0 Å². The third kappa shape index (κ3) is 3.15. The number of hydrogen-bond donors (Lipinski definition) is 3. The maximum Gasteiger partial charge on any atom is 0.211 e. The topological polar surface area (TPSA) is 103 Å². The molecule has 0 saturated carbocycles. The summed E-state index contributed by atoms with van der Waals surface area (Å²) in [6.07, 6.45) is 6.93. The van der Waals surface area contributed by atoms with Gasteiger partial charge in [0.2, 0.25) is 5.96 Å². The molecule has 0 radical (unpaired) electrons. The van der Waals surface area contributed by atoms with Gasteiger partial charge in [0.05, 0.1) is 5.71 Å². The molecule has 0 saturated heterocycles. The molecular weight excluding hydrogens is 274 g/mol. The van der Waals surface area contributed by atoms with Gasteiger partial charge in [0.1, 0.15) is 0 Å². The van der Waals surface area contributed by atoms with E-state index in [0.717, 1.165) is 12.0 Å². The molecule has 114 valence electrons. The summed E-state index contributed by atoms with van der Waals surface area (Å²) < 4.78 is 0. The molecule has 0 aliphatic heterocycles. The van der Waals surface area contributed by atoms with Crippen LogP contribution in [0.3, 0.4) is 0 Å². The van der Waals surface area contributed by atoms with Crippen molar-refractivity contribution < 1.29 is 0 Å². The lowest BCUT2D eigenvalue weighted by molar-refractivity contribution is 1.16. The van der Waals surface area contributed by atoms with Crippen LogP contribution in [-0.4, -0.2) is 18.2 Å². The molecule has 0 bridgehead atoms. The van der Waals surface area contributed by atoms with Gasteiger partial charge in [-0.1, -0.05) is 36.9 Å². The van der Waals surface area contributed by atoms with Crippen molar-refractivity contribution >= 4 is 17.2 Å². The number of allylic oxidation sites excluding steroid dienone is 5. The molecule has 1 aromatic carbocycles. The van der Waals surface area contributed by atoms with Gasteiger partial charge in [-0.3, -0.25) is 0 Å². The largest absolute Gasteiger partial charge is 0.369 e. The molecule has 0 aromatic heterocycles. The van der Waals surface area contributed by atoms with E-state index in [1.807, 2.05) is 25.1 Å². The zero-order valence-corrected chi connectivity index (χ0v) is 12.7. The molecular formula is C17H21N5. The van der Waals surface area contributed by atoms with Crippen LogP contribution in [0.2, 0.25) is 0 Å². The second-order valence-electron chi connectivity index (χ2n) is 4.97. The maximum absolute atomic E-state index is 5.75. The molecule has 0 fully saturated rings. The van der Waals surface area contributed by atoms with E-state index in [1.165, 1.54) is 22.3 Å². The Morgan fingerprint density at radius 1 is 1.32 bits per heavy atom. The van der Waals surface area contributed by atoms with E-state index in [0.29, 0.717) is 5.71 Å². The Hall–Kier alpha value is -2.66. The third-order valence-corrected chi connectivity index (χ3v) is 3.51. The minimum Gasteiger partial charge on any atom is -0.369 e. The molecule has 0 unspecified atom stereocenters. The smallest absolute Gasteiger partial charge is 0.211 e. The van der Waals surface area contributed by atoms with Gasteiger partial charge < -0.3 is 17.2 Å². The van der Waals surface area contributed by atoms with Crippen LogP contribution in [0.5, 0.6) is 0 Å². The second kappa shape index (κ2) is 6.87. The van der Waals surface area contributed by atoms with Crippen molar-refractivity contribution in [2.45, 2.75) is 13.3 Å². The standard InChI is InChI=1S/C17H21N5/c1-3-5-11-8-13-9-12(6-7-15(13)14(11)4-2)16(10-18)21-22-17(19)20/h3-7,9H,2,8,10,18H2,1H3,(H4,19,20,22)/b5-3-,21-16+. The molecule has 5 heteroatoms. The molecule has 0 amide bonds. The number of guanidine groups is 1. The van der Waals surface area contributed by atoms with Crippen molar-refractivity contribution in [3.05, 3.63) is 65.3 Å². The number of fused-ring (bicyclic) bond motifs is 1. The highest BCUT2D eigenvalue weighted by atomic mass is 15.3. The quantitative estimate of drug-likeness (QED) is 0.437. The van der Waals surface area contributed by atoms with Crippen molar-refractivity contribution in [2.75, 3.05) is 6.54 Å². The predicted molar refractivity (Wildman–Crippen MR) is 93.5 cm³/mol. The molecule has 2 rings (SSSR count). The highest BCUT2D eigenvalue weighted by Gasteiger charge is 2.18. The lowest BCUT2D eigenvalue weighted by atomic mass is 10.0. The molecule has 0 heterocycles. The highest BCUT2D eigenvalue weighted by molar-refractivity contribution is 6.03. The third-order valence-electron chi connectivity index (χ3n) is 3.51. The van der Waals surface area contributed by atoms with Crippen LogP contribution >= 0.6 is 0 Å². The molecule has 0 atom stereocenters. The van der Waals surface area contributed by atoms with E-state index < -0.39 is 0 Å². The Morgan fingerprint density at radius 2 is 2.09 bits per heavy atom. The zero-order valence-electron chi connectivity index (χ0n) is 12.7. The zero-order chi connectivity index (χ0) is 16.1. The van der Waals surface area contributed by atoms with E-state index in [-0.39, 0.29) is 12.5 Å². The first kappa shape index (κ1) is 15.7. The van der Waals surface area contributed by atoms with Crippen LogP contribution in [-0.2, 0) is 6.42 Å². The first-order valence-corrected chi connectivity index (χ1v) is 7.08. The molecule has 22 heavy (non-hydrogen) atoms. The van der Waals surface area contributed by atoms with Gasteiger partial charge in [0, 0.05) is 6.54 Å². The van der Waals surface area contributed by atoms with E-state index in [9.17, 15) is 0 Å². The van der Waals surface area contributed by atoms with Crippen molar-refractivity contribution in [3.63, 3.8) is 0 Å². The fraction of sp³-hybridized carbons (Fsp3) is 0.176. The molecule has 1 aromatic rings. The molecule has 1 aliphatic carbocycles. The van der Waals surface area contributed by atoms with Gasteiger partial charge in [-0.05, 0) is 47.2 Å². The SMILES string of the molecule is C=CC1=C(/C=C\C)Cc2cc(/C(CN)=N/N=C(N)N)ccc21. The summed E-state index contributed by atoms with van der Waals surface area (Å²) in [5, 5.41) is 7.70. The number of nitrogens with zero attached hydrogens (tertiary/aromatic N) is 2. The number of rotatable bonds is 5.